The second-order valence-corrected chi connectivity index (χ2v) is 5.58. The Morgan fingerprint density at radius 1 is 1.53 bits per heavy atom. The van der Waals surface area contributed by atoms with E-state index in [1.165, 1.54) is 13.0 Å². The summed E-state index contributed by atoms with van der Waals surface area (Å²) < 4.78 is 11.5. The lowest BCUT2D eigenvalue weighted by atomic mass is 9.93. The standard InChI is InChI=1S/C13H26N2O2/c1-11(12-9-14-6-8-17-12)15-7-4-5-13(2,10-15)16-3/h11-12,14H,4-10H2,1-3H3. The Morgan fingerprint density at radius 2 is 2.35 bits per heavy atom. The SMILES string of the molecule is COC1(C)CCCN(C(C)C2CNCCO2)C1. The first-order valence-corrected chi connectivity index (χ1v) is 6.76. The van der Waals surface area contributed by atoms with Gasteiger partial charge in [-0.1, -0.05) is 0 Å². The molecule has 2 aliphatic heterocycles. The summed E-state index contributed by atoms with van der Waals surface area (Å²) in [6.07, 6.45) is 2.70. The Morgan fingerprint density at radius 3 is 3.00 bits per heavy atom. The van der Waals surface area contributed by atoms with Gasteiger partial charge in [0.05, 0.1) is 18.3 Å². The van der Waals surface area contributed by atoms with Crippen LogP contribution >= 0.6 is 0 Å². The molecule has 4 nitrogen and oxygen atoms in total. The average molecular weight is 242 g/mol. The molecule has 2 heterocycles. The molecule has 17 heavy (non-hydrogen) atoms. The summed E-state index contributed by atoms with van der Waals surface area (Å²) in [5.41, 5.74) is 0.0224. The van der Waals surface area contributed by atoms with Crippen LogP contribution in [-0.4, -0.2) is 62.5 Å². The van der Waals surface area contributed by atoms with Crippen molar-refractivity contribution in [3.8, 4) is 0 Å². The number of rotatable bonds is 3. The summed E-state index contributed by atoms with van der Waals surface area (Å²) in [5.74, 6) is 0. The maximum absolute atomic E-state index is 5.85. The van der Waals surface area contributed by atoms with Crippen molar-refractivity contribution in [2.75, 3.05) is 39.9 Å². The summed E-state index contributed by atoms with van der Waals surface area (Å²) in [6.45, 7) is 9.47. The van der Waals surface area contributed by atoms with Crippen LogP contribution in [0.25, 0.3) is 0 Å². The predicted molar refractivity (Wildman–Crippen MR) is 68.3 cm³/mol. The van der Waals surface area contributed by atoms with E-state index in [1.807, 2.05) is 7.11 Å². The van der Waals surface area contributed by atoms with E-state index in [2.05, 4.69) is 24.1 Å². The predicted octanol–water partition coefficient (Wildman–Crippen LogP) is 0.864. The fraction of sp³-hybridized carbons (Fsp3) is 1.00. The number of methoxy groups -OCH3 is 1. The molecule has 0 aromatic carbocycles. The van der Waals surface area contributed by atoms with Crippen molar-refractivity contribution in [3.63, 3.8) is 0 Å². The van der Waals surface area contributed by atoms with E-state index in [1.54, 1.807) is 0 Å². The van der Waals surface area contributed by atoms with Crippen LogP contribution < -0.4 is 5.32 Å². The van der Waals surface area contributed by atoms with Gasteiger partial charge in [-0.2, -0.15) is 0 Å². The molecule has 2 fully saturated rings. The van der Waals surface area contributed by atoms with E-state index in [0.29, 0.717) is 12.1 Å². The fourth-order valence-electron chi connectivity index (χ4n) is 2.89. The zero-order valence-electron chi connectivity index (χ0n) is 11.4. The van der Waals surface area contributed by atoms with Crippen molar-refractivity contribution >= 4 is 0 Å². The quantitative estimate of drug-likeness (QED) is 0.796. The van der Waals surface area contributed by atoms with E-state index >= 15 is 0 Å². The Hall–Kier alpha value is -0.160. The molecule has 2 saturated heterocycles. The highest BCUT2D eigenvalue weighted by Gasteiger charge is 2.35. The van der Waals surface area contributed by atoms with Gasteiger partial charge in [0.15, 0.2) is 0 Å². The van der Waals surface area contributed by atoms with Crippen LogP contribution in [-0.2, 0) is 9.47 Å². The lowest BCUT2D eigenvalue weighted by Gasteiger charge is -2.44. The molecule has 0 radical (unpaired) electrons. The maximum atomic E-state index is 5.85. The van der Waals surface area contributed by atoms with E-state index in [9.17, 15) is 0 Å². The van der Waals surface area contributed by atoms with Gasteiger partial charge in [-0.25, -0.2) is 0 Å². The number of morpholine rings is 1. The van der Waals surface area contributed by atoms with Crippen molar-refractivity contribution in [2.45, 2.75) is 44.4 Å². The molecule has 0 spiro atoms. The van der Waals surface area contributed by atoms with Gasteiger partial charge in [-0.05, 0) is 33.2 Å². The monoisotopic (exact) mass is 242 g/mol. The van der Waals surface area contributed by atoms with Gasteiger partial charge in [-0.15, -0.1) is 0 Å². The third-order valence-electron chi connectivity index (χ3n) is 4.25. The summed E-state index contributed by atoms with van der Waals surface area (Å²) in [6, 6.07) is 0.470. The molecule has 2 rings (SSSR count). The first-order chi connectivity index (χ1) is 8.14. The van der Waals surface area contributed by atoms with Crippen LogP contribution in [0.4, 0.5) is 0 Å². The van der Waals surface area contributed by atoms with Crippen LogP contribution in [0.2, 0.25) is 0 Å². The number of hydrogen-bond acceptors (Lipinski definition) is 4. The smallest absolute Gasteiger partial charge is 0.0852 e. The minimum absolute atomic E-state index is 0.0224. The number of hydrogen-bond donors (Lipinski definition) is 1. The molecule has 3 unspecified atom stereocenters. The third-order valence-corrected chi connectivity index (χ3v) is 4.25. The van der Waals surface area contributed by atoms with Crippen molar-refractivity contribution in [2.24, 2.45) is 0 Å². The summed E-state index contributed by atoms with van der Waals surface area (Å²) in [7, 11) is 1.83. The Kier molecular flexibility index (Phi) is 4.42. The van der Waals surface area contributed by atoms with Gasteiger partial charge >= 0.3 is 0 Å². The Balaban J connectivity index is 1.91. The van der Waals surface area contributed by atoms with E-state index < -0.39 is 0 Å². The molecule has 4 heteroatoms. The lowest BCUT2D eigenvalue weighted by Crippen LogP contribution is -2.56. The molecule has 0 aromatic heterocycles. The highest BCUT2D eigenvalue weighted by molar-refractivity contribution is 4.90. The zero-order chi connectivity index (χ0) is 12.3. The summed E-state index contributed by atoms with van der Waals surface area (Å²) in [5, 5.41) is 3.41. The molecular formula is C13H26N2O2. The molecule has 1 N–H and O–H groups in total. The normalized spacial score (nSPS) is 37.9. The fourth-order valence-corrected chi connectivity index (χ4v) is 2.89. The first-order valence-electron chi connectivity index (χ1n) is 6.76. The minimum Gasteiger partial charge on any atom is -0.377 e. The van der Waals surface area contributed by atoms with Crippen molar-refractivity contribution in [1.82, 2.24) is 10.2 Å². The molecular weight excluding hydrogens is 216 g/mol. The zero-order valence-corrected chi connectivity index (χ0v) is 11.4. The van der Waals surface area contributed by atoms with Crippen LogP contribution in [0, 0.1) is 0 Å². The second-order valence-electron chi connectivity index (χ2n) is 5.58. The Bertz CT molecular complexity index is 244. The lowest BCUT2D eigenvalue weighted by molar-refractivity contribution is -0.0879. The third kappa shape index (κ3) is 3.19. The molecule has 3 atom stereocenters. The van der Waals surface area contributed by atoms with Crippen LogP contribution in [0.1, 0.15) is 26.7 Å². The highest BCUT2D eigenvalue weighted by atomic mass is 16.5. The second kappa shape index (κ2) is 5.65. The number of ether oxygens (including phenoxy) is 2. The van der Waals surface area contributed by atoms with E-state index in [4.69, 9.17) is 9.47 Å². The number of nitrogens with zero attached hydrogens (tertiary/aromatic N) is 1. The molecule has 2 aliphatic rings. The van der Waals surface area contributed by atoms with Gasteiger partial charge in [0.2, 0.25) is 0 Å². The van der Waals surface area contributed by atoms with Gasteiger partial charge < -0.3 is 14.8 Å². The highest BCUT2D eigenvalue weighted by Crippen LogP contribution is 2.26. The number of piperidine rings is 1. The van der Waals surface area contributed by atoms with Gasteiger partial charge in [-0.3, -0.25) is 4.90 Å². The maximum Gasteiger partial charge on any atom is 0.0852 e. The summed E-state index contributed by atoms with van der Waals surface area (Å²) >= 11 is 0. The van der Waals surface area contributed by atoms with Crippen LogP contribution in [0.3, 0.4) is 0 Å². The molecule has 0 aliphatic carbocycles. The van der Waals surface area contributed by atoms with E-state index in [-0.39, 0.29) is 5.60 Å². The summed E-state index contributed by atoms with van der Waals surface area (Å²) in [4.78, 5) is 2.52. The van der Waals surface area contributed by atoms with Gasteiger partial charge in [0.1, 0.15) is 0 Å². The minimum atomic E-state index is 0.0224. The van der Waals surface area contributed by atoms with E-state index in [0.717, 1.165) is 32.7 Å². The van der Waals surface area contributed by atoms with Gasteiger partial charge in [0.25, 0.3) is 0 Å². The van der Waals surface area contributed by atoms with Crippen molar-refractivity contribution in [3.05, 3.63) is 0 Å². The molecule has 0 saturated carbocycles. The largest absolute Gasteiger partial charge is 0.377 e. The average Bonchev–Trinajstić information content (AvgIpc) is 2.39. The van der Waals surface area contributed by atoms with Crippen LogP contribution in [0.15, 0.2) is 0 Å². The van der Waals surface area contributed by atoms with Gasteiger partial charge in [0, 0.05) is 32.8 Å². The number of nitrogens with one attached hydrogen (secondary N) is 1. The first kappa shape index (κ1) is 13.3. The van der Waals surface area contributed by atoms with Crippen LogP contribution in [0.5, 0.6) is 0 Å². The molecule has 100 valence electrons. The topological polar surface area (TPSA) is 33.7 Å². The van der Waals surface area contributed by atoms with Crippen molar-refractivity contribution < 1.29 is 9.47 Å². The molecule has 0 aromatic rings. The molecule has 0 amide bonds. The Labute approximate surface area is 105 Å². The van der Waals surface area contributed by atoms with Crippen molar-refractivity contribution in [1.29, 1.82) is 0 Å². The molecule has 0 bridgehead atoms. The number of likely N-dealkylation sites (tertiary alicyclic amines) is 1.